The van der Waals surface area contributed by atoms with E-state index in [4.69, 9.17) is 10.9 Å². The van der Waals surface area contributed by atoms with Gasteiger partial charge in [0.05, 0.1) is 0 Å². The van der Waals surface area contributed by atoms with E-state index in [1.165, 1.54) is 6.33 Å². The summed E-state index contributed by atoms with van der Waals surface area (Å²) < 4.78 is 0. The van der Waals surface area contributed by atoms with Crippen molar-refractivity contribution in [3.63, 3.8) is 0 Å². The molecule has 5 N–H and O–H groups in total. The van der Waals surface area contributed by atoms with Crippen LogP contribution in [0.5, 0.6) is 0 Å². The summed E-state index contributed by atoms with van der Waals surface area (Å²) in [5.41, 5.74) is 4.77. The van der Waals surface area contributed by atoms with Crippen LogP contribution in [-0.2, 0) is 11.2 Å². The predicted molar refractivity (Wildman–Crippen MR) is 62.8 cm³/mol. The summed E-state index contributed by atoms with van der Waals surface area (Å²) in [6.45, 7) is 0.439. The number of carbonyl (C=O) groups excluding carboxylic acids is 1. The van der Waals surface area contributed by atoms with Gasteiger partial charge in [-0.2, -0.15) is 5.10 Å². The van der Waals surface area contributed by atoms with E-state index in [-0.39, 0.29) is 11.7 Å². The average Bonchev–Trinajstić information content (AvgIpc) is 2.80. The molecule has 1 fully saturated rings. The van der Waals surface area contributed by atoms with Crippen molar-refractivity contribution >= 4 is 11.7 Å². The largest absolute Gasteiger partial charge is 0.409 e. The third kappa shape index (κ3) is 2.13. The number of hydrogen-bond acceptors (Lipinski definition) is 5. The molecule has 98 valence electrons. The molecule has 0 radical (unpaired) electrons. The lowest BCUT2D eigenvalue weighted by Crippen LogP contribution is -2.54. The van der Waals surface area contributed by atoms with Gasteiger partial charge in [-0.05, 0) is 12.8 Å². The van der Waals surface area contributed by atoms with E-state index in [0.29, 0.717) is 31.6 Å². The van der Waals surface area contributed by atoms with Crippen molar-refractivity contribution in [1.29, 1.82) is 0 Å². The number of carbonyl (C=O) groups is 1. The first-order chi connectivity index (χ1) is 8.69. The average molecular weight is 252 g/mol. The van der Waals surface area contributed by atoms with Crippen molar-refractivity contribution in [2.24, 2.45) is 16.3 Å². The highest BCUT2D eigenvalue weighted by molar-refractivity contribution is 6.07. The van der Waals surface area contributed by atoms with E-state index >= 15 is 0 Å². The first-order valence-corrected chi connectivity index (χ1v) is 5.79. The third-order valence-corrected chi connectivity index (χ3v) is 3.35. The molecule has 0 spiro atoms. The summed E-state index contributed by atoms with van der Waals surface area (Å²) in [7, 11) is 0. The van der Waals surface area contributed by atoms with Crippen molar-refractivity contribution in [3.05, 3.63) is 12.2 Å². The molecule has 1 aliphatic rings. The lowest BCUT2D eigenvalue weighted by Gasteiger charge is -2.38. The number of aromatic amines is 1. The molecule has 0 aromatic carbocycles. The van der Waals surface area contributed by atoms with Gasteiger partial charge in [0, 0.05) is 13.0 Å². The van der Waals surface area contributed by atoms with E-state index in [1.54, 1.807) is 0 Å². The zero-order valence-electron chi connectivity index (χ0n) is 9.89. The molecule has 8 nitrogen and oxygen atoms in total. The van der Waals surface area contributed by atoms with E-state index in [2.05, 4.69) is 25.7 Å². The molecule has 1 aromatic rings. The molecule has 1 aliphatic carbocycles. The molecule has 1 amide bonds. The van der Waals surface area contributed by atoms with Crippen LogP contribution in [0.3, 0.4) is 0 Å². The van der Waals surface area contributed by atoms with E-state index in [0.717, 1.165) is 6.42 Å². The fourth-order valence-electron chi connectivity index (χ4n) is 2.04. The van der Waals surface area contributed by atoms with Crippen LogP contribution in [0.25, 0.3) is 0 Å². The topological polar surface area (TPSA) is 129 Å². The molecule has 0 bridgehead atoms. The van der Waals surface area contributed by atoms with Gasteiger partial charge in [-0.3, -0.25) is 9.89 Å². The van der Waals surface area contributed by atoms with Crippen LogP contribution >= 0.6 is 0 Å². The van der Waals surface area contributed by atoms with Crippen LogP contribution in [0.2, 0.25) is 0 Å². The van der Waals surface area contributed by atoms with Gasteiger partial charge in [-0.25, -0.2) is 4.98 Å². The van der Waals surface area contributed by atoms with Gasteiger partial charge in [-0.1, -0.05) is 11.6 Å². The molecule has 0 unspecified atom stereocenters. The SMILES string of the molecule is NC(=NO)C1(C(=O)NCCc2ncn[nH]2)CCC1. The second kappa shape index (κ2) is 5.03. The van der Waals surface area contributed by atoms with E-state index in [1.807, 2.05) is 0 Å². The molecular formula is C10H16N6O2. The fourth-order valence-corrected chi connectivity index (χ4v) is 2.04. The molecule has 1 heterocycles. The lowest BCUT2D eigenvalue weighted by atomic mass is 9.67. The Morgan fingerprint density at radius 2 is 2.44 bits per heavy atom. The molecule has 0 atom stereocenters. The minimum Gasteiger partial charge on any atom is -0.409 e. The van der Waals surface area contributed by atoms with Gasteiger partial charge < -0.3 is 16.3 Å². The highest BCUT2D eigenvalue weighted by atomic mass is 16.4. The third-order valence-electron chi connectivity index (χ3n) is 3.35. The smallest absolute Gasteiger partial charge is 0.233 e. The molecule has 0 saturated heterocycles. The highest BCUT2D eigenvalue weighted by Crippen LogP contribution is 2.41. The zero-order chi connectivity index (χ0) is 13.0. The Hall–Kier alpha value is -2.12. The first kappa shape index (κ1) is 12.3. The number of aromatic nitrogens is 3. The Kier molecular flexibility index (Phi) is 3.45. The van der Waals surface area contributed by atoms with E-state index < -0.39 is 5.41 Å². The van der Waals surface area contributed by atoms with Crippen LogP contribution in [0.4, 0.5) is 0 Å². The minimum absolute atomic E-state index is 0.00841. The standard InChI is InChI=1S/C10H16N6O2/c11-8(16-18)10(3-1-4-10)9(17)12-5-2-7-13-6-14-15-7/h6,18H,1-5H2,(H2,11,16)(H,12,17)(H,13,14,15). The normalized spacial score (nSPS) is 18.1. The maximum absolute atomic E-state index is 12.0. The van der Waals surface area contributed by atoms with Gasteiger partial charge in [0.25, 0.3) is 0 Å². The maximum atomic E-state index is 12.0. The van der Waals surface area contributed by atoms with Crippen LogP contribution in [0, 0.1) is 5.41 Å². The van der Waals surface area contributed by atoms with Gasteiger partial charge >= 0.3 is 0 Å². The second-order valence-corrected chi connectivity index (χ2v) is 4.36. The molecule has 8 heteroatoms. The fraction of sp³-hybridized carbons (Fsp3) is 0.600. The number of rotatable bonds is 5. The number of hydrogen-bond donors (Lipinski definition) is 4. The second-order valence-electron chi connectivity index (χ2n) is 4.36. The van der Waals surface area contributed by atoms with Crippen molar-refractivity contribution in [3.8, 4) is 0 Å². The Morgan fingerprint density at radius 3 is 2.94 bits per heavy atom. The molecule has 18 heavy (non-hydrogen) atoms. The first-order valence-electron chi connectivity index (χ1n) is 5.79. The van der Waals surface area contributed by atoms with Crippen LogP contribution < -0.4 is 11.1 Å². The predicted octanol–water partition coefficient (Wildman–Crippen LogP) is -0.620. The zero-order valence-corrected chi connectivity index (χ0v) is 9.89. The monoisotopic (exact) mass is 252 g/mol. The van der Waals surface area contributed by atoms with Crippen molar-refractivity contribution in [2.45, 2.75) is 25.7 Å². The Bertz CT molecular complexity index is 437. The Labute approximate surface area is 104 Å². The summed E-state index contributed by atoms with van der Waals surface area (Å²) in [4.78, 5) is 16.0. The number of nitrogens with two attached hydrogens (primary N) is 1. The Balaban J connectivity index is 1.87. The van der Waals surface area contributed by atoms with Crippen LogP contribution in [0.15, 0.2) is 11.5 Å². The quantitative estimate of drug-likeness (QED) is 0.240. The van der Waals surface area contributed by atoms with E-state index in [9.17, 15) is 4.79 Å². The van der Waals surface area contributed by atoms with Crippen molar-refractivity contribution < 1.29 is 10.0 Å². The molecular weight excluding hydrogens is 236 g/mol. The van der Waals surface area contributed by atoms with Crippen molar-refractivity contribution in [2.75, 3.05) is 6.54 Å². The molecule has 1 aromatic heterocycles. The number of oxime groups is 1. The number of nitrogens with zero attached hydrogens (tertiary/aromatic N) is 3. The maximum Gasteiger partial charge on any atom is 0.233 e. The lowest BCUT2D eigenvalue weighted by molar-refractivity contribution is -0.131. The Morgan fingerprint density at radius 1 is 1.67 bits per heavy atom. The number of nitrogens with one attached hydrogen (secondary N) is 2. The number of H-pyrrole nitrogens is 1. The summed E-state index contributed by atoms with van der Waals surface area (Å²) in [5.74, 6) is 0.510. The number of amidine groups is 1. The minimum atomic E-state index is -0.823. The summed E-state index contributed by atoms with van der Waals surface area (Å²) in [6, 6.07) is 0. The summed E-state index contributed by atoms with van der Waals surface area (Å²) in [5, 5.41) is 20.9. The molecule has 0 aliphatic heterocycles. The molecule has 1 saturated carbocycles. The van der Waals surface area contributed by atoms with Gasteiger partial charge in [0.2, 0.25) is 5.91 Å². The van der Waals surface area contributed by atoms with Gasteiger partial charge in [-0.15, -0.1) is 0 Å². The summed E-state index contributed by atoms with van der Waals surface area (Å²) >= 11 is 0. The van der Waals surface area contributed by atoms with Crippen LogP contribution in [-0.4, -0.2) is 38.7 Å². The van der Waals surface area contributed by atoms with Gasteiger partial charge in [0.15, 0.2) is 5.84 Å². The summed E-state index contributed by atoms with van der Waals surface area (Å²) in [6.07, 6.45) is 4.14. The van der Waals surface area contributed by atoms with Crippen LogP contribution in [0.1, 0.15) is 25.1 Å². The van der Waals surface area contributed by atoms with Crippen molar-refractivity contribution in [1.82, 2.24) is 20.5 Å². The highest BCUT2D eigenvalue weighted by Gasteiger charge is 2.48. The molecule has 2 rings (SSSR count). The van der Waals surface area contributed by atoms with Gasteiger partial charge in [0.1, 0.15) is 17.6 Å². The number of amides is 1.